The van der Waals surface area contributed by atoms with Crippen LogP contribution in [0.1, 0.15) is 0 Å². The molecule has 0 amide bonds. The lowest BCUT2D eigenvalue weighted by molar-refractivity contribution is 0.608. The predicted octanol–water partition coefficient (Wildman–Crippen LogP) is 2.82. The van der Waals surface area contributed by atoms with Gasteiger partial charge in [0.2, 0.25) is 0 Å². The molecule has 0 spiro atoms. The van der Waals surface area contributed by atoms with E-state index in [4.69, 9.17) is 10.7 Å². The van der Waals surface area contributed by atoms with Crippen molar-refractivity contribution < 1.29 is 12.8 Å². The minimum absolute atomic E-state index is 0.139. The maximum atomic E-state index is 13.6. The summed E-state index contributed by atoms with van der Waals surface area (Å²) in [6.45, 7) is 0. The first kappa shape index (κ1) is 12.0. The van der Waals surface area contributed by atoms with Crippen LogP contribution in [0.2, 0.25) is 0 Å². The molecule has 6 heteroatoms. The maximum absolute atomic E-state index is 13.6. The van der Waals surface area contributed by atoms with Crippen LogP contribution in [0.4, 0.5) is 4.39 Å². The van der Waals surface area contributed by atoms with Gasteiger partial charge in [0.1, 0.15) is 5.82 Å². The Morgan fingerprint density at radius 2 is 2.00 bits per heavy atom. The van der Waals surface area contributed by atoms with Crippen LogP contribution < -0.4 is 0 Å². The highest BCUT2D eigenvalue weighted by atomic mass is 35.7. The van der Waals surface area contributed by atoms with E-state index in [-0.39, 0.29) is 10.5 Å². The van der Waals surface area contributed by atoms with Gasteiger partial charge in [-0.1, -0.05) is 6.07 Å². The van der Waals surface area contributed by atoms with E-state index >= 15 is 0 Å². The van der Waals surface area contributed by atoms with Crippen LogP contribution in [0.3, 0.4) is 0 Å². The second kappa shape index (κ2) is 4.43. The van der Waals surface area contributed by atoms with E-state index in [2.05, 4.69) is 4.98 Å². The summed E-state index contributed by atoms with van der Waals surface area (Å²) >= 11 is 0. The topological polar surface area (TPSA) is 47.0 Å². The fourth-order valence-corrected chi connectivity index (χ4v) is 2.18. The lowest BCUT2D eigenvalue weighted by Gasteiger charge is -2.04. The molecule has 0 unspecified atom stereocenters. The molecule has 0 saturated heterocycles. The molecule has 2 rings (SSSR count). The number of rotatable bonds is 2. The lowest BCUT2D eigenvalue weighted by Crippen LogP contribution is -1.93. The molecule has 0 aliphatic heterocycles. The first-order valence-electron chi connectivity index (χ1n) is 4.63. The molecule has 1 heterocycles. The minimum Gasteiger partial charge on any atom is -0.264 e. The zero-order valence-corrected chi connectivity index (χ0v) is 10.0. The largest absolute Gasteiger partial charge is 0.264 e. The highest BCUT2D eigenvalue weighted by Gasteiger charge is 2.14. The zero-order valence-electron chi connectivity index (χ0n) is 8.47. The van der Waals surface area contributed by atoms with Crippen molar-refractivity contribution in [1.82, 2.24) is 4.98 Å². The Hall–Kier alpha value is -1.46. The molecular weight excluding hydrogens is 265 g/mol. The molecule has 0 N–H and O–H groups in total. The number of pyridine rings is 1. The van der Waals surface area contributed by atoms with Gasteiger partial charge >= 0.3 is 0 Å². The van der Waals surface area contributed by atoms with E-state index in [1.807, 2.05) is 0 Å². The van der Waals surface area contributed by atoms with Crippen molar-refractivity contribution in [2.24, 2.45) is 0 Å². The molecule has 0 aliphatic carbocycles. The number of aromatic nitrogens is 1. The highest BCUT2D eigenvalue weighted by molar-refractivity contribution is 8.13. The summed E-state index contributed by atoms with van der Waals surface area (Å²) in [6.07, 6.45) is 2.99. The fourth-order valence-electron chi connectivity index (χ4n) is 1.40. The molecule has 0 atom stereocenters. The third kappa shape index (κ3) is 2.62. The van der Waals surface area contributed by atoms with Crippen molar-refractivity contribution in [2.45, 2.75) is 4.90 Å². The Kier molecular flexibility index (Phi) is 3.13. The van der Waals surface area contributed by atoms with Gasteiger partial charge in [0.15, 0.2) is 0 Å². The van der Waals surface area contributed by atoms with Gasteiger partial charge in [-0.05, 0) is 24.3 Å². The highest BCUT2D eigenvalue weighted by Crippen LogP contribution is 2.26. The van der Waals surface area contributed by atoms with Crippen molar-refractivity contribution in [3.8, 4) is 11.1 Å². The summed E-state index contributed by atoms with van der Waals surface area (Å²) < 4.78 is 35.9. The molecule has 0 saturated carbocycles. The molecule has 1 aromatic heterocycles. The first-order valence-corrected chi connectivity index (χ1v) is 6.94. The Morgan fingerprint density at radius 1 is 1.24 bits per heavy atom. The van der Waals surface area contributed by atoms with Crippen molar-refractivity contribution in [3.05, 3.63) is 48.5 Å². The molecule has 0 aliphatic rings. The molecule has 3 nitrogen and oxygen atoms in total. The van der Waals surface area contributed by atoms with Gasteiger partial charge in [-0.2, -0.15) is 0 Å². The normalized spacial score (nSPS) is 11.4. The molecule has 17 heavy (non-hydrogen) atoms. The van der Waals surface area contributed by atoms with Gasteiger partial charge < -0.3 is 0 Å². The number of hydrogen-bond donors (Lipinski definition) is 0. The van der Waals surface area contributed by atoms with Crippen molar-refractivity contribution >= 4 is 19.7 Å². The SMILES string of the molecule is O=S(=O)(Cl)c1ccc(F)c(-c2cccnc2)c1. The van der Waals surface area contributed by atoms with Crippen LogP contribution in [0, 0.1) is 5.82 Å². The third-order valence-electron chi connectivity index (χ3n) is 2.19. The Bertz CT molecular complexity index is 644. The number of halogens is 2. The molecule has 88 valence electrons. The number of benzene rings is 1. The van der Waals surface area contributed by atoms with Crippen LogP contribution >= 0.6 is 10.7 Å². The van der Waals surface area contributed by atoms with Crippen molar-refractivity contribution in [1.29, 1.82) is 0 Å². The summed E-state index contributed by atoms with van der Waals surface area (Å²) in [5, 5.41) is 0. The smallest absolute Gasteiger partial charge is 0.261 e. The summed E-state index contributed by atoms with van der Waals surface area (Å²) in [6, 6.07) is 6.65. The molecule has 2 aromatic rings. The van der Waals surface area contributed by atoms with Crippen LogP contribution in [0.5, 0.6) is 0 Å². The van der Waals surface area contributed by atoms with E-state index in [9.17, 15) is 12.8 Å². The van der Waals surface area contributed by atoms with Crippen molar-refractivity contribution in [2.75, 3.05) is 0 Å². The zero-order chi connectivity index (χ0) is 12.5. The Morgan fingerprint density at radius 3 is 2.59 bits per heavy atom. The van der Waals surface area contributed by atoms with Crippen LogP contribution in [-0.2, 0) is 9.05 Å². The van der Waals surface area contributed by atoms with Crippen molar-refractivity contribution in [3.63, 3.8) is 0 Å². The predicted molar refractivity (Wildman–Crippen MR) is 62.7 cm³/mol. The monoisotopic (exact) mass is 271 g/mol. The van der Waals surface area contributed by atoms with E-state index < -0.39 is 14.9 Å². The fraction of sp³-hybridized carbons (Fsp3) is 0. The molecular formula is C11H7ClFNO2S. The second-order valence-corrected chi connectivity index (χ2v) is 5.89. The van der Waals surface area contributed by atoms with Gasteiger partial charge in [-0.3, -0.25) is 4.98 Å². The first-order chi connectivity index (χ1) is 7.98. The average molecular weight is 272 g/mol. The molecule has 1 aromatic carbocycles. The quantitative estimate of drug-likeness (QED) is 0.789. The second-order valence-electron chi connectivity index (χ2n) is 3.32. The van der Waals surface area contributed by atoms with Gasteiger partial charge in [-0.15, -0.1) is 0 Å². The third-order valence-corrected chi connectivity index (χ3v) is 3.54. The maximum Gasteiger partial charge on any atom is 0.261 e. The van der Waals surface area contributed by atoms with Crippen LogP contribution in [0.25, 0.3) is 11.1 Å². The summed E-state index contributed by atoms with van der Waals surface area (Å²) in [4.78, 5) is 3.71. The summed E-state index contributed by atoms with van der Waals surface area (Å²) in [7, 11) is 1.34. The number of nitrogens with zero attached hydrogens (tertiary/aromatic N) is 1. The van der Waals surface area contributed by atoms with Crippen LogP contribution in [0.15, 0.2) is 47.6 Å². The minimum atomic E-state index is -3.86. The van der Waals surface area contributed by atoms with Gasteiger partial charge in [0.05, 0.1) is 4.90 Å². The van der Waals surface area contributed by atoms with E-state index in [1.165, 1.54) is 12.3 Å². The summed E-state index contributed by atoms with van der Waals surface area (Å²) in [5.74, 6) is -0.526. The van der Waals surface area contributed by atoms with E-state index in [1.54, 1.807) is 18.3 Å². The Labute approximate surface area is 102 Å². The molecule has 0 radical (unpaired) electrons. The molecule has 0 bridgehead atoms. The van der Waals surface area contributed by atoms with E-state index in [0.29, 0.717) is 5.56 Å². The van der Waals surface area contributed by atoms with Gasteiger partial charge in [0, 0.05) is 34.2 Å². The van der Waals surface area contributed by atoms with Gasteiger partial charge in [0.25, 0.3) is 9.05 Å². The summed E-state index contributed by atoms with van der Waals surface area (Å²) in [5.41, 5.74) is 0.645. The average Bonchev–Trinajstić information content (AvgIpc) is 2.29. The van der Waals surface area contributed by atoms with Gasteiger partial charge in [-0.25, -0.2) is 12.8 Å². The Balaban J connectivity index is 2.63. The standard InChI is InChI=1S/C11H7ClFNO2S/c12-17(15,16)9-3-4-11(13)10(6-9)8-2-1-5-14-7-8/h1-7H. The van der Waals surface area contributed by atoms with Crippen LogP contribution in [-0.4, -0.2) is 13.4 Å². The number of hydrogen-bond acceptors (Lipinski definition) is 3. The van der Waals surface area contributed by atoms with E-state index in [0.717, 1.165) is 12.1 Å². The molecule has 0 fully saturated rings. The lowest BCUT2D eigenvalue weighted by atomic mass is 10.1.